The van der Waals surface area contributed by atoms with Crippen LogP contribution in [0.4, 0.5) is 0 Å². The number of carbonyl (C=O) groups is 2. The lowest BCUT2D eigenvalue weighted by Gasteiger charge is -2.40. The minimum Gasteiger partial charge on any atom is -0.380 e. The van der Waals surface area contributed by atoms with Gasteiger partial charge in [0.25, 0.3) is 5.91 Å². The summed E-state index contributed by atoms with van der Waals surface area (Å²) in [4.78, 5) is 25.2. The average molecular weight is 302 g/mol. The van der Waals surface area contributed by atoms with Gasteiger partial charge in [-0.3, -0.25) is 9.59 Å². The molecule has 22 heavy (non-hydrogen) atoms. The van der Waals surface area contributed by atoms with E-state index in [9.17, 15) is 9.59 Å². The Labute approximate surface area is 130 Å². The first-order chi connectivity index (χ1) is 10.4. The van der Waals surface area contributed by atoms with Gasteiger partial charge in [-0.15, -0.1) is 0 Å². The van der Waals surface area contributed by atoms with Crippen LogP contribution in [0.2, 0.25) is 0 Å². The molecule has 1 aromatic rings. The number of rotatable bonds is 6. The Morgan fingerprint density at radius 2 is 2.00 bits per heavy atom. The highest BCUT2D eigenvalue weighted by Gasteiger charge is 2.35. The van der Waals surface area contributed by atoms with Gasteiger partial charge in [-0.05, 0) is 23.8 Å². The van der Waals surface area contributed by atoms with Gasteiger partial charge in [0.1, 0.15) is 0 Å². The van der Waals surface area contributed by atoms with Crippen LogP contribution in [0, 0.1) is 5.41 Å². The molecular formula is C17H22N2O3. The molecule has 1 fully saturated rings. The highest BCUT2D eigenvalue weighted by molar-refractivity contribution is 5.94. The molecule has 0 bridgehead atoms. The van der Waals surface area contributed by atoms with Gasteiger partial charge in [-0.1, -0.05) is 25.6 Å². The molecule has 2 amide bonds. The molecule has 1 aromatic carbocycles. The maximum Gasteiger partial charge on any atom is 0.253 e. The van der Waals surface area contributed by atoms with E-state index < -0.39 is 0 Å². The number of nitrogens with one attached hydrogen (secondary N) is 1. The quantitative estimate of drug-likeness (QED) is 0.812. The Bertz CT molecular complexity index is 562. The zero-order chi connectivity index (χ0) is 16.2. The lowest BCUT2D eigenvalue weighted by atomic mass is 9.88. The van der Waals surface area contributed by atoms with Crippen LogP contribution in [0.15, 0.2) is 36.9 Å². The minimum atomic E-state index is -0.212. The van der Waals surface area contributed by atoms with Crippen molar-refractivity contribution in [2.24, 2.45) is 5.41 Å². The zero-order valence-corrected chi connectivity index (χ0v) is 13.1. The topological polar surface area (TPSA) is 58.6 Å². The summed E-state index contributed by atoms with van der Waals surface area (Å²) in [5.41, 5.74) is 1.65. The van der Waals surface area contributed by atoms with E-state index in [2.05, 4.69) is 18.8 Å². The summed E-state index contributed by atoms with van der Waals surface area (Å²) in [5.74, 6) is -0.217. The Morgan fingerprint density at radius 1 is 1.36 bits per heavy atom. The van der Waals surface area contributed by atoms with E-state index in [-0.39, 0.29) is 17.2 Å². The Balaban J connectivity index is 1.92. The third kappa shape index (κ3) is 3.95. The van der Waals surface area contributed by atoms with E-state index in [0.717, 1.165) is 5.56 Å². The molecule has 2 rings (SSSR count). The van der Waals surface area contributed by atoms with Crippen molar-refractivity contribution in [3.8, 4) is 0 Å². The van der Waals surface area contributed by atoms with Crippen LogP contribution in [0.25, 0.3) is 0 Å². The summed E-state index contributed by atoms with van der Waals surface area (Å²) in [6.07, 6.45) is 1.23. The van der Waals surface area contributed by atoms with Crippen molar-refractivity contribution in [3.05, 3.63) is 48.0 Å². The summed E-state index contributed by atoms with van der Waals surface area (Å²) >= 11 is 0. The fraction of sp³-hybridized carbons (Fsp3) is 0.412. The molecule has 0 spiro atoms. The van der Waals surface area contributed by atoms with E-state index >= 15 is 0 Å². The van der Waals surface area contributed by atoms with Crippen molar-refractivity contribution in [1.82, 2.24) is 10.2 Å². The van der Waals surface area contributed by atoms with E-state index in [4.69, 9.17) is 4.74 Å². The second-order valence-corrected chi connectivity index (χ2v) is 6.08. The lowest BCUT2D eigenvalue weighted by molar-refractivity contribution is -0.116. The number of nitrogens with zero attached hydrogens (tertiary/aromatic N) is 1. The van der Waals surface area contributed by atoms with Crippen LogP contribution in [-0.4, -0.2) is 43.5 Å². The number of benzene rings is 1. The van der Waals surface area contributed by atoms with Gasteiger partial charge < -0.3 is 15.0 Å². The fourth-order valence-corrected chi connectivity index (χ4v) is 2.43. The normalized spacial score (nSPS) is 15.5. The summed E-state index contributed by atoms with van der Waals surface area (Å²) in [5, 5.41) is 2.70. The molecular weight excluding hydrogens is 280 g/mol. The number of amides is 2. The maximum atomic E-state index is 12.4. The molecule has 0 atom stereocenters. The summed E-state index contributed by atoms with van der Waals surface area (Å²) in [6.45, 7) is 8.02. The van der Waals surface area contributed by atoms with Crippen LogP contribution in [0.3, 0.4) is 0 Å². The molecule has 118 valence electrons. The molecule has 1 N–H and O–H groups in total. The Hall–Kier alpha value is -2.14. The molecule has 1 aliphatic heterocycles. The molecule has 0 aromatic heterocycles. The molecule has 1 saturated heterocycles. The van der Waals surface area contributed by atoms with Gasteiger partial charge in [0.05, 0.1) is 13.2 Å². The van der Waals surface area contributed by atoms with Crippen LogP contribution in [0.5, 0.6) is 0 Å². The summed E-state index contributed by atoms with van der Waals surface area (Å²) < 4.78 is 5.22. The van der Waals surface area contributed by atoms with E-state index in [1.807, 2.05) is 19.2 Å². The van der Waals surface area contributed by atoms with Gasteiger partial charge in [0.15, 0.2) is 0 Å². The van der Waals surface area contributed by atoms with Crippen molar-refractivity contribution >= 4 is 11.8 Å². The number of hydrogen-bond donors (Lipinski definition) is 1. The van der Waals surface area contributed by atoms with Crippen molar-refractivity contribution < 1.29 is 14.3 Å². The number of hydrogen-bond acceptors (Lipinski definition) is 3. The van der Waals surface area contributed by atoms with Crippen LogP contribution in [0.1, 0.15) is 22.8 Å². The maximum absolute atomic E-state index is 12.4. The Kier molecular flexibility index (Phi) is 4.98. The van der Waals surface area contributed by atoms with Crippen molar-refractivity contribution in [2.45, 2.75) is 13.5 Å². The first kappa shape index (κ1) is 16.2. The average Bonchev–Trinajstić information content (AvgIpc) is 2.50. The van der Waals surface area contributed by atoms with Gasteiger partial charge in [0, 0.05) is 31.1 Å². The monoisotopic (exact) mass is 302 g/mol. The molecule has 0 saturated carbocycles. The predicted octanol–water partition coefficient (Wildman–Crippen LogP) is 1.60. The second-order valence-electron chi connectivity index (χ2n) is 6.08. The molecule has 0 aliphatic carbocycles. The largest absolute Gasteiger partial charge is 0.380 e. The lowest BCUT2D eigenvalue weighted by Crippen LogP contribution is -2.49. The van der Waals surface area contributed by atoms with Crippen LogP contribution in [-0.2, 0) is 16.1 Å². The smallest absolute Gasteiger partial charge is 0.253 e. The van der Waals surface area contributed by atoms with Crippen LogP contribution >= 0.6 is 0 Å². The molecule has 5 heteroatoms. The third-order valence-electron chi connectivity index (χ3n) is 3.72. The SMILES string of the molecule is C=CC(=O)NCc1ccc(C(=O)N(C)CC2(C)COC2)cc1. The van der Waals surface area contributed by atoms with Crippen LogP contribution < -0.4 is 5.32 Å². The Morgan fingerprint density at radius 3 is 2.50 bits per heavy atom. The fourth-order valence-electron chi connectivity index (χ4n) is 2.43. The summed E-state index contributed by atoms with van der Waals surface area (Å²) in [6, 6.07) is 7.26. The minimum absolute atomic E-state index is 0.00481. The van der Waals surface area contributed by atoms with E-state index in [0.29, 0.717) is 31.9 Å². The van der Waals surface area contributed by atoms with Crippen molar-refractivity contribution in [3.63, 3.8) is 0 Å². The molecule has 5 nitrogen and oxygen atoms in total. The molecule has 0 unspecified atom stereocenters. The number of carbonyl (C=O) groups excluding carboxylic acids is 2. The predicted molar refractivity (Wildman–Crippen MR) is 84.4 cm³/mol. The van der Waals surface area contributed by atoms with E-state index in [1.165, 1.54) is 6.08 Å². The van der Waals surface area contributed by atoms with Gasteiger partial charge in [-0.25, -0.2) is 0 Å². The first-order valence-corrected chi connectivity index (χ1v) is 7.26. The second kappa shape index (κ2) is 6.75. The first-order valence-electron chi connectivity index (χ1n) is 7.26. The van der Waals surface area contributed by atoms with E-state index in [1.54, 1.807) is 17.0 Å². The molecule has 1 aliphatic rings. The highest BCUT2D eigenvalue weighted by atomic mass is 16.5. The highest BCUT2D eigenvalue weighted by Crippen LogP contribution is 2.27. The number of ether oxygens (including phenoxy) is 1. The van der Waals surface area contributed by atoms with Gasteiger partial charge >= 0.3 is 0 Å². The standard InChI is InChI=1S/C17H22N2O3/c1-4-15(20)18-9-13-5-7-14(8-6-13)16(21)19(3)10-17(2)11-22-12-17/h4-8H,1,9-12H2,2-3H3,(H,18,20). The molecule has 0 radical (unpaired) electrons. The molecule has 1 heterocycles. The zero-order valence-electron chi connectivity index (χ0n) is 13.1. The summed E-state index contributed by atoms with van der Waals surface area (Å²) in [7, 11) is 1.81. The van der Waals surface area contributed by atoms with Crippen molar-refractivity contribution in [2.75, 3.05) is 26.8 Å². The third-order valence-corrected chi connectivity index (χ3v) is 3.72. The van der Waals surface area contributed by atoms with Crippen molar-refractivity contribution in [1.29, 1.82) is 0 Å². The van der Waals surface area contributed by atoms with Gasteiger partial charge in [0.2, 0.25) is 5.91 Å². The van der Waals surface area contributed by atoms with Gasteiger partial charge in [-0.2, -0.15) is 0 Å².